The van der Waals surface area contributed by atoms with Crippen LogP contribution in [0.5, 0.6) is 11.5 Å². The van der Waals surface area contributed by atoms with Crippen LogP contribution in [0.1, 0.15) is 47.9 Å². The van der Waals surface area contributed by atoms with Crippen molar-refractivity contribution in [1.29, 1.82) is 0 Å². The van der Waals surface area contributed by atoms with Crippen molar-refractivity contribution in [2.45, 2.75) is 61.4 Å². The Morgan fingerprint density at radius 1 is 1.24 bits per heavy atom. The van der Waals surface area contributed by atoms with E-state index in [9.17, 15) is 28.2 Å². The summed E-state index contributed by atoms with van der Waals surface area (Å²) in [4.78, 5) is 17.0. The highest BCUT2D eigenvalue weighted by Gasteiger charge is 2.65. The minimum atomic E-state index is -4.46. The first kappa shape index (κ1) is 26.6. The maximum atomic E-state index is 13.2. The summed E-state index contributed by atoms with van der Waals surface area (Å²) in [6.45, 7) is 0.755. The number of hydrogen-bond acceptors (Lipinski definition) is 5. The van der Waals surface area contributed by atoms with Crippen molar-refractivity contribution in [2.24, 2.45) is 0 Å². The number of phenolic OH excluding ortho intramolecular Hbond substituents is 1. The molecule has 1 saturated carbocycles. The van der Waals surface area contributed by atoms with Crippen LogP contribution < -0.4 is 4.74 Å². The van der Waals surface area contributed by atoms with Gasteiger partial charge in [0.25, 0.3) is 0 Å². The molecule has 6 nitrogen and oxygen atoms in total. The lowest BCUT2D eigenvalue weighted by molar-refractivity contribution is -0.173. The van der Waals surface area contributed by atoms with Gasteiger partial charge in [-0.05, 0) is 81.1 Å². The molecule has 3 aliphatic rings. The zero-order valence-corrected chi connectivity index (χ0v) is 21.8. The van der Waals surface area contributed by atoms with Gasteiger partial charge in [-0.2, -0.15) is 13.2 Å². The zero-order chi connectivity index (χ0) is 27.5. The number of aromatic hydroxyl groups is 1. The molecule has 204 valence electrons. The number of carbonyl (C=O) groups excluding carboxylic acids is 1. The normalized spacial score (nSPS) is 29.0. The number of alkyl halides is 3. The van der Waals surface area contributed by atoms with Gasteiger partial charge in [0, 0.05) is 36.2 Å². The van der Waals surface area contributed by atoms with Crippen molar-refractivity contribution in [1.82, 2.24) is 9.80 Å². The Morgan fingerprint density at radius 3 is 2.71 bits per heavy atom. The lowest BCUT2D eigenvalue weighted by atomic mass is 9.48. The van der Waals surface area contributed by atoms with Gasteiger partial charge in [0.05, 0.1) is 18.3 Å². The molecule has 4 atom stereocenters. The SMILES string of the molecule is COc1c(O)ccc2c1[C@]13CCN(C)[C@H](C2)[C@]1(O)CCC(N(C)C(=O)/C=C/c1cccc(C(F)(F)F)c1)C3. The lowest BCUT2D eigenvalue weighted by Crippen LogP contribution is -2.73. The van der Waals surface area contributed by atoms with E-state index in [1.165, 1.54) is 31.4 Å². The molecule has 0 spiro atoms. The predicted octanol–water partition coefficient (Wildman–Crippen LogP) is 4.37. The molecule has 0 radical (unpaired) electrons. The van der Waals surface area contributed by atoms with Crippen LogP contribution in [0.25, 0.3) is 6.08 Å². The van der Waals surface area contributed by atoms with E-state index < -0.39 is 22.8 Å². The van der Waals surface area contributed by atoms with Crippen molar-refractivity contribution in [3.63, 3.8) is 0 Å². The number of amides is 1. The van der Waals surface area contributed by atoms with Gasteiger partial charge >= 0.3 is 6.18 Å². The van der Waals surface area contributed by atoms with Gasteiger partial charge in [0.2, 0.25) is 5.91 Å². The summed E-state index contributed by atoms with van der Waals surface area (Å²) in [6, 6.07) is 8.07. The van der Waals surface area contributed by atoms with Crippen LogP contribution in [0.3, 0.4) is 0 Å². The summed E-state index contributed by atoms with van der Waals surface area (Å²) in [5.41, 5.74) is -0.391. The van der Waals surface area contributed by atoms with E-state index in [0.29, 0.717) is 37.9 Å². The molecular formula is C29H33F3N2O4. The Morgan fingerprint density at radius 2 is 2.00 bits per heavy atom. The molecule has 2 aromatic rings. The molecule has 2 aliphatic carbocycles. The Bertz CT molecular complexity index is 1280. The highest BCUT2D eigenvalue weighted by atomic mass is 19.4. The first-order valence-electron chi connectivity index (χ1n) is 12.9. The molecule has 1 amide bonds. The van der Waals surface area contributed by atoms with Gasteiger partial charge in [0.15, 0.2) is 11.5 Å². The Hall–Kier alpha value is -3.04. The number of rotatable bonds is 4. The van der Waals surface area contributed by atoms with E-state index in [4.69, 9.17) is 4.74 Å². The molecule has 0 aromatic heterocycles. The molecule has 2 aromatic carbocycles. The molecule has 5 rings (SSSR count). The van der Waals surface area contributed by atoms with E-state index in [0.717, 1.165) is 29.8 Å². The molecule has 1 aliphatic heterocycles. The summed E-state index contributed by atoms with van der Waals surface area (Å²) >= 11 is 0. The summed E-state index contributed by atoms with van der Waals surface area (Å²) in [5.74, 6) is 0.0802. The number of aliphatic hydroxyl groups is 1. The van der Waals surface area contributed by atoms with Crippen LogP contribution in [0.2, 0.25) is 0 Å². The minimum Gasteiger partial charge on any atom is -0.504 e. The number of benzene rings is 2. The van der Waals surface area contributed by atoms with Gasteiger partial charge in [0.1, 0.15) is 0 Å². The number of carbonyl (C=O) groups is 1. The van der Waals surface area contributed by atoms with Gasteiger partial charge in [-0.15, -0.1) is 0 Å². The third-order valence-corrected chi connectivity index (χ3v) is 9.09. The molecule has 2 bridgehead atoms. The topological polar surface area (TPSA) is 73.2 Å². The molecule has 1 unspecified atom stereocenters. The van der Waals surface area contributed by atoms with Crippen molar-refractivity contribution < 1.29 is 32.9 Å². The molecule has 2 fully saturated rings. The van der Waals surface area contributed by atoms with Gasteiger partial charge in [-0.25, -0.2) is 0 Å². The number of likely N-dealkylation sites (tertiary alicyclic amines) is 1. The van der Waals surface area contributed by atoms with Crippen molar-refractivity contribution in [2.75, 3.05) is 27.7 Å². The van der Waals surface area contributed by atoms with E-state index in [-0.39, 0.29) is 29.3 Å². The molecule has 1 heterocycles. The third kappa shape index (κ3) is 4.07. The first-order chi connectivity index (χ1) is 17.9. The number of methoxy groups -OCH3 is 1. The fraction of sp³-hybridized carbons (Fsp3) is 0.483. The van der Waals surface area contributed by atoms with Crippen LogP contribution in [-0.2, 0) is 22.8 Å². The average molecular weight is 531 g/mol. The fourth-order valence-electron chi connectivity index (χ4n) is 7.10. The molecular weight excluding hydrogens is 497 g/mol. The number of piperidine rings is 1. The number of halogens is 3. The second kappa shape index (κ2) is 9.31. The minimum absolute atomic E-state index is 0.0240. The smallest absolute Gasteiger partial charge is 0.416 e. The van der Waals surface area contributed by atoms with Crippen LogP contribution >= 0.6 is 0 Å². The van der Waals surface area contributed by atoms with Crippen LogP contribution in [-0.4, -0.2) is 71.4 Å². The number of ether oxygens (including phenoxy) is 1. The average Bonchev–Trinajstić information content (AvgIpc) is 2.88. The second-order valence-electron chi connectivity index (χ2n) is 10.9. The number of likely N-dealkylation sites (N-methyl/N-ethyl adjacent to an activating group) is 2. The number of fused-ring (bicyclic) bond motifs is 1. The first-order valence-corrected chi connectivity index (χ1v) is 12.9. The van der Waals surface area contributed by atoms with E-state index in [1.807, 2.05) is 13.1 Å². The predicted molar refractivity (Wildman–Crippen MR) is 137 cm³/mol. The summed E-state index contributed by atoms with van der Waals surface area (Å²) in [6.07, 6.45) is 1.06. The largest absolute Gasteiger partial charge is 0.504 e. The molecule has 2 N–H and O–H groups in total. The Balaban J connectivity index is 1.46. The molecule has 38 heavy (non-hydrogen) atoms. The number of nitrogens with zero attached hydrogens (tertiary/aromatic N) is 2. The van der Waals surface area contributed by atoms with Crippen molar-refractivity contribution >= 4 is 12.0 Å². The van der Waals surface area contributed by atoms with E-state index in [2.05, 4.69) is 4.90 Å². The van der Waals surface area contributed by atoms with Crippen molar-refractivity contribution in [3.05, 3.63) is 64.7 Å². The molecule has 9 heteroatoms. The van der Waals surface area contributed by atoms with Gasteiger partial charge in [-0.3, -0.25) is 4.79 Å². The highest BCUT2D eigenvalue weighted by Crippen LogP contribution is 2.61. The Labute approximate surface area is 220 Å². The van der Waals surface area contributed by atoms with Crippen LogP contribution in [0, 0.1) is 0 Å². The zero-order valence-electron chi connectivity index (χ0n) is 21.8. The monoisotopic (exact) mass is 530 g/mol. The fourth-order valence-corrected chi connectivity index (χ4v) is 7.10. The summed E-state index contributed by atoms with van der Waals surface area (Å²) in [5, 5.41) is 22.9. The quantitative estimate of drug-likeness (QED) is 0.575. The highest BCUT2D eigenvalue weighted by molar-refractivity contribution is 5.91. The Kier molecular flexibility index (Phi) is 6.51. The molecule has 1 saturated heterocycles. The van der Waals surface area contributed by atoms with Gasteiger partial charge in [-0.1, -0.05) is 18.2 Å². The number of phenols is 1. The third-order valence-electron chi connectivity index (χ3n) is 9.09. The van der Waals surface area contributed by atoms with Crippen molar-refractivity contribution in [3.8, 4) is 11.5 Å². The van der Waals surface area contributed by atoms with E-state index >= 15 is 0 Å². The maximum Gasteiger partial charge on any atom is 0.416 e. The van der Waals surface area contributed by atoms with Crippen LogP contribution in [0.4, 0.5) is 13.2 Å². The van der Waals surface area contributed by atoms with E-state index in [1.54, 1.807) is 18.0 Å². The summed E-state index contributed by atoms with van der Waals surface area (Å²) < 4.78 is 44.9. The lowest BCUT2D eigenvalue weighted by Gasteiger charge is -2.64. The second-order valence-corrected chi connectivity index (χ2v) is 10.9. The van der Waals surface area contributed by atoms with Crippen LogP contribution in [0.15, 0.2) is 42.5 Å². The van der Waals surface area contributed by atoms with Gasteiger partial charge < -0.3 is 24.7 Å². The number of hydrogen-bond donors (Lipinski definition) is 2. The summed E-state index contributed by atoms with van der Waals surface area (Å²) in [7, 11) is 5.23. The maximum absolute atomic E-state index is 13.2. The standard InChI is InChI=1S/C29H33F3N2O4/c1-33-14-13-27-17-21(34(2)24(36)10-7-18-5-4-6-20(15-18)29(30,31)32)11-12-28(27,37)23(33)16-19-8-9-22(35)26(38-3)25(19)27/h4-10,15,21,23,35,37H,11-14,16-17H2,1-3H3/b10-7+/t21?,23-,27-,28-/m1/s1.